The fraction of sp³-hybridized carbons (Fsp3) is 0.667. The Hall–Kier alpha value is -2.32. The molecule has 0 unspecified atom stereocenters. The number of carbonyl (C=O) groups excluding carboxylic acids is 1. The van der Waals surface area contributed by atoms with Crippen LogP contribution in [0.3, 0.4) is 0 Å². The van der Waals surface area contributed by atoms with Crippen LogP contribution in [0.4, 0.5) is 16.2 Å². The summed E-state index contributed by atoms with van der Waals surface area (Å²) in [4.78, 5) is 24.8. The molecule has 1 aromatic heterocycles. The summed E-state index contributed by atoms with van der Waals surface area (Å²) in [6.07, 6.45) is 6.37. The van der Waals surface area contributed by atoms with Crippen LogP contribution in [0.15, 0.2) is 22.7 Å². The van der Waals surface area contributed by atoms with E-state index in [0.29, 0.717) is 35.8 Å². The molecule has 3 aliphatic rings. The Kier molecular flexibility index (Phi) is 7.45. The Morgan fingerprint density at radius 3 is 2.47 bits per heavy atom. The quantitative estimate of drug-likeness (QED) is 0.568. The molecular formula is C27H39ClN6O2. The number of aromatic nitrogens is 2. The molecule has 2 aromatic rings. The minimum absolute atomic E-state index is 0.105. The molecule has 1 aromatic carbocycles. The number of piperidine rings is 1. The van der Waals surface area contributed by atoms with E-state index in [1.165, 1.54) is 12.8 Å². The van der Waals surface area contributed by atoms with E-state index in [0.717, 1.165) is 69.3 Å². The molecule has 5 rings (SSSR count). The first-order valence-corrected chi connectivity index (χ1v) is 13.9. The number of amides is 2. The summed E-state index contributed by atoms with van der Waals surface area (Å²) in [7, 11) is 0. The zero-order valence-electron chi connectivity index (χ0n) is 21.8. The third-order valence-electron chi connectivity index (χ3n) is 8.45. The zero-order chi connectivity index (χ0) is 25.3. The number of rotatable bonds is 5. The summed E-state index contributed by atoms with van der Waals surface area (Å²) in [5.74, 6) is 2.00. The molecule has 36 heavy (non-hydrogen) atoms. The molecule has 1 aliphatic carbocycles. The van der Waals surface area contributed by atoms with Crippen molar-refractivity contribution in [3.05, 3.63) is 34.9 Å². The van der Waals surface area contributed by atoms with Crippen molar-refractivity contribution in [2.24, 2.45) is 0 Å². The van der Waals surface area contributed by atoms with E-state index in [1.807, 2.05) is 17.0 Å². The fourth-order valence-electron chi connectivity index (χ4n) is 5.81. The van der Waals surface area contributed by atoms with Crippen LogP contribution in [0.2, 0.25) is 5.02 Å². The van der Waals surface area contributed by atoms with Gasteiger partial charge in [0.2, 0.25) is 5.89 Å². The predicted octanol–water partition coefficient (Wildman–Crippen LogP) is 5.50. The number of urea groups is 1. The second-order valence-corrected chi connectivity index (χ2v) is 11.6. The standard InChI is InChI=1S/C27H39ClN6O2/c1-19(2)32-15-17-33(18-16-32)22-10-6-9-21(28)23(22)29-26(35)34-13-11-27(3,12-14-34)25-30-24(36-31-25)20-7-4-5-8-20/h6,9-10,19-20H,4-5,7-8,11-18H2,1-3H3,(H,29,35). The highest BCUT2D eigenvalue weighted by atomic mass is 35.5. The van der Waals surface area contributed by atoms with Gasteiger partial charge in [-0.3, -0.25) is 4.90 Å². The number of halogens is 1. The minimum atomic E-state index is -0.178. The van der Waals surface area contributed by atoms with Crippen molar-refractivity contribution in [2.75, 3.05) is 49.5 Å². The lowest BCUT2D eigenvalue weighted by molar-refractivity contribution is 0.169. The van der Waals surface area contributed by atoms with E-state index < -0.39 is 0 Å². The molecule has 1 saturated carbocycles. The first-order valence-electron chi connectivity index (χ1n) is 13.5. The van der Waals surface area contributed by atoms with Gasteiger partial charge < -0.3 is 19.6 Å². The third-order valence-corrected chi connectivity index (χ3v) is 8.76. The predicted molar refractivity (Wildman–Crippen MR) is 143 cm³/mol. The topological polar surface area (TPSA) is 77.7 Å². The highest BCUT2D eigenvalue weighted by Gasteiger charge is 2.38. The van der Waals surface area contributed by atoms with Crippen molar-refractivity contribution < 1.29 is 9.32 Å². The van der Waals surface area contributed by atoms with Crippen molar-refractivity contribution >= 4 is 29.0 Å². The number of benzene rings is 1. The Balaban J connectivity index is 1.21. The number of hydrogen-bond donors (Lipinski definition) is 1. The third kappa shape index (κ3) is 5.21. The highest BCUT2D eigenvalue weighted by molar-refractivity contribution is 6.34. The van der Waals surface area contributed by atoms with Gasteiger partial charge in [0.25, 0.3) is 0 Å². The average molecular weight is 515 g/mol. The molecule has 8 nitrogen and oxygen atoms in total. The monoisotopic (exact) mass is 514 g/mol. The lowest BCUT2D eigenvalue weighted by Gasteiger charge is -2.39. The normalized spacial score (nSPS) is 21.4. The number of nitrogens with one attached hydrogen (secondary N) is 1. The van der Waals surface area contributed by atoms with Crippen LogP contribution in [0.25, 0.3) is 0 Å². The SMILES string of the molecule is CC(C)N1CCN(c2cccc(Cl)c2NC(=O)N2CCC(C)(c3noc(C4CCCC4)n3)CC2)CC1. The first kappa shape index (κ1) is 25.3. The van der Waals surface area contributed by atoms with E-state index in [4.69, 9.17) is 21.1 Å². The first-order chi connectivity index (χ1) is 17.3. The van der Waals surface area contributed by atoms with Crippen LogP contribution in [0.1, 0.15) is 76.9 Å². The molecule has 0 bridgehead atoms. The van der Waals surface area contributed by atoms with Crippen molar-refractivity contribution in [1.29, 1.82) is 0 Å². The number of hydrogen-bond acceptors (Lipinski definition) is 6. The molecule has 3 heterocycles. The molecule has 2 amide bonds. The number of likely N-dealkylation sites (tertiary alicyclic amines) is 1. The van der Waals surface area contributed by atoms with Crippen molar-refractivity contribution in [3.8, 4) is 0 Å². The van der Waals surface area contributed by atoms with Gasteiger partial charge in [-0.25, -0.2) is 4.79 Å². The molecule has 1 N–H and O–H groups in total. The van der Waals surface area contributed by atoms with Gasteiger partial charge in [-0.2, -0.15) is 4.98 Å². The molecular weight excluding hydrogens is 476 g/mol. The van der Waals surface area contributed by atoms with Crippen molar-refractivity contribution in [3.63, 3.8) is 0 Å². The Morgan fingerprint density at radius 2 is 1.81 bits per heavy atom. The minimum Gasteiger partial charge on any atom is -0.367 e. The van der Waals surface area contributed by atoms with Gasteiger partial charge >= 0.3 is 6.03 Å². The van der Waals surface area contributed by atoms with Gasteiger partial charge in [-0.15, -0.1) is 0 Å². The maximum absolute atomic E-state index is 13.3. The van der Waals surface area contributed by atoms with E-state index >= 15 is 0 Å². The van der Waals surface area contributed by atoms with Crippen LogP contribution in [-0.2, 0) is 5.41 Å². The van der Waals surface area contributed by atoms with Crippen LogP contribution in [0, 0.1) is 0 Å². The molecule has 0 atom stereocenters. The summed E-state index contributed by atoms with van der Waals surface area (Å²) in [6, 6.07) is 6.29. The van der Waals surface area contributed by atoms with Crippen LogP contribution in [0.5, 0.6) is 0 Å². The second-order valence-electron chi connectivity index (χ2n) is 11.2. The second kappa shape index (κ2) is 10.6. The van der Waals surface area contributed by atoms with Gasteiger partial charge in [0, 0.05) is 56.6 Å². The number of piperazine rings is 1. The van der Waals surface area contributed by atoms with E-state index in [-0.39, 0.29) is 11.4 Å². The van der Waals surface area contributed by atoms with Gasteiger partial charge in [-0.05, 0) is 51.7 Å². The van der Waals surface area contributed by atoms with E-state index in [2.05, 4.69) is 47.1 Å². The smallest absolute Gasteiger partial charge is 0.321 e. The largest absolute Gasteiger partial charge is 0.367 e. The maximum atomic E-state index is 13.3. The van der Waals surface area contributed by atoms with Crippen molar-refractivity contribution in [1.82, 2.24) is 19.9 Å². The zero-order valence-corrected chi connectivity index (χ0v) is 22.6. The number of nitrogens with zero attached hydrogens (tertiary/aromatic N) is 5. The fourth-order valence-corrected chi connectivity index (χ4v) is 6.03. The lowest BCUT2D eigenvalue weighted by Crippen LogP contribution is -2.49. The lowest BCUT2D eigenvalue weighted by atomic mass is 9.79. The molecule has 2 aliphatic heterocycles. The molecule has 3 fully saturated rings. The Bertz CT molecular complexity index is 1050. The van der Waals surface area contributed by atoms with Gasteiger partial charge in [0.1, 0.15) is 0 Å². The van der Waals surface area contributed by atoms with E-state index in [9.17, 15) is 4.79 Å². The summed E-state index contributed by atoms with van der Waals surface area (Å²) >= 11 is 6.59. The maximum Gasteiger partial charge on any atom is 0.321 e. The molecule has 0 spiro atoms. The highest BCUT2D eigenvalue weighted by Crippen LogP contribution is 2.38. The molecule has 9 heteroatoms. The summed E-state index contributed by atoms with van der Waals surface area (Å²) in [5, 5.41) is 8.06. The Labute approximate surface area is 219 Å². The average Bonchev–Trinajstić information content (AvgIpc) is 3.58. The Morgan fingerprint density at radius 1 is 1.11 bits per heavy atom. The van der Waals surface area contributed by atoms with Gasteiger partial charge in [-0.1, -0.05) is 42.6 Å². The molecule has 0 radical (unpaired) electrons. The summed E-state index contributed by atoms with van der Waals surface area (Å²) in [5.41, 5.74) is 1.52. The van der Waals surface area contributed by atoms with Crippen LogP contribution >= 0.6 is 11.6 Å². The van der Waals surface area contributed by atoms with Crippen molar-refractivity contribution in [2.45, 2.75) is 76.7 Å². The summed E-state index contributed by atoms with van der Waals surface area (Å²) < 4.78 is 5.65. The van der Waals surface area contributed by atoms with Gasteiger partial charge in [0.05, 0.1) is 16.4 Å². The van der Waals surface area contributed by atoms with Gasteiger partial charge in [0.15, 0.2) is 5.82 Å². The van der Waals surface area contributed by atoms with Crippen LogP contribution in [-0.4, -0.2) is 71.3 Å². The number of carbonyl (C=O) groups is 1. The molecule has 196 valence electrons. The van der Waals surface area contributed by atoms with Crippen LogP contribution < -0.4 is 10.2 Å². The number of para-hydroxylation sites is 1. The summed E-state index contributed by atoms with van der Waals surface area (Å²) in [6.45, 7) is 11.8. The molecule has 2 saturated heterocycles. The van der Waals surface area contributed by atoms with E-state index in [1.54, 1.807) is 0 Å². The number of anilines is 2.